The Morgan fingerprint density at radius 3 is 2.71 bits per heavy atom. The summed E-state index contributed by atoms with van der Waals surface area (Å²) in [5.74, 6) is 1.84. The van der Waals surface area contributed by atoms with Gasteiger partial charge < -0.3 is 10.6 Å². The van der Waals surface area contributed by atoms with Crippen LogP contribution in [-0.4, -0.2) is 39.7 Å². The van der Waals surface area contributed by atoms with Crippen molar-refractivity contribution in [2.45, 2.75) is 64.0 Å². The first-order valence-electron chi connectivity index (χ1n) is 9.22. The molecule has 5 nitrogen and oxygen atoms in total. The molecule has 0 bridgehead atoms. The van der Waals surface area contributed by atoms with Crippen molar-refractivity contribution in [3.05, 3.63) is 17.5 Å². The molecule has 0 aromatic carbocycles. The van der Waals surface area contributed by atoms with E-state index in [0.29, 0.717) is 23.8 Å². The Kier molecular flexibility index (Phi) is 4.94. The maximum Gasteiger partial charge on any atom is 0.257 e. The monoisotopic (exact) mass is 352 g/mol. The van der Waals surface area contributed by atoms with E-state index < -0.39 is 0 Å². The van der Waals surface area contributed by atoms with Crippen LogP contribution in [0.4, 0.5) is 0 Å². The Balaban J connectivity index is 0.00000169. The topological polar surface area (TPSA) is 64.2 Å². The summed E-state index contributed by atoms with van der Waals surface area (Å²) in [6, 6.07) is 0.641. The highest BCUT2D eigenvalue weighted by atomic mass is 35.5. The summed E-state index contributed by atoms with van der Waals surface area (Å²) in [5, 5.41) is 4.57. The summed E-state index contributed by atoms with van der Waals surface area (Å²) in [4.78, 5) is 15.1. The minimum absolute atomic E-state index is 0. The highest BCUT2D eigenvalue weighted by molar-refractivity contribution is 5.95. The van der Waals surface area contributed by atoms with Crippen molar-refractivity contribution in [3.8, 4) is 0 Å². The molecule has 6 heteroatoms. The average Bonchev–Trinajstić information content (AvgIpc) is 3.01. The first kappa shape index (κ1) is 17.7. The van der Waals surface area contributed by atoms with Crippen LogP contribution in [0.15, 0.2) is 6.20 Å². The molecule has 134 valence electrons. The van der Waals surface area contributed by atoms with Gasteiger partial charge in [-0.1, -0.05) is 6.92 Å². The van der Waals surface area contributed by atoms with Crippen LogP contribution in [0.25, 0.3) is 0 Å². The summed E-state index contributed by atoms with van der Waals surface area (Å²) in [6.45, 7) is 6.08. The summed E-state index contributed by atoms with van der Waals surface area (Å²) in [6.07, 6.45) is 7.54. The number of fused-ring (bicyclic) bond motifs is 1. The lowest BCUT2D eigenvalue weighted by Crippen LogP contribution is -2.33. The van der Waals surface area contributed by atoms with Gasteiger partial charge in [0.05, 0.1) is 17.5 Å². The van der Waals surface area contributed by atoms with Crippen LogP contribution in [-0.2, 0) is 0 Å². The largest absolute Gasteiger partial charge is 0.338 e. The van der Waals surface area contributed by atoms with Gasteiger partial charge in [-0.15, -0.1) is 12.4 Å². The summed E-state index contributed by atoms with van der Waals surface area (Å²) < 4.78 is 2.10. The number of amides is 1. The fraction of sp³-hybridized carbons (Fsp3) is 0.778. The van der Waals surface area contributed by atoms with Crippen LogP contribution >= 0.6 is 12.4 Å². The first-order valence-corrected chi connectivity index (χ1v) is 9.22. The minimum Gasteiger partial charge on any atom is -0.338 e. The van der Waals surface area contributed by atoms with Crippen molar-refractivity contribution in [2.75, 3.05) is 13.1 Å². The van der Waals surface area contributed by atoms with E-state index in [2.05, 4.69) is 23.6 Å². The number of rotatable bonds is 4. The zero-order valence-corrected chi connectivity index (χ0v) is 15.5. The molecule has 1 aliphatic heterocycles. The number of carbonyl (C=O) groups is 1. The maximum atomic E-state index is 13.1. The Hall–Kier alpha value is -1.07. The number of hydrogen-bond acceptors (Lipinski definition) is 3. The number of hydrogen-bond donors (Lipinski definition) is 1. The molecule has 4 rings (SSSR count). The second-order valence-corrected chi connectivity index (χ2v) is 7.79. The summed E-state index contributed by atoms with van der Waals surface area (Å²) >= 11 is 0. The Morgan fingerprint density at radius 2 is 2.08 bits per heavy atom. The smallest absolute Gasteiger partial charge is 0.257 e. The van der Waals surface area contributed by atoms with Crippen LogP contribution in [0, 0.1) is 11.8 Å². The lowest BCUT2D eigenvalue weighted by Gasteiger charge is -2.20. The van der Waals surface area contributed by atoms with Crippen LogP contribution in [0.1, 0.15) is 74.0 Å². The molecular weight excluding hydrogens is 324 g/mol. The van der Waals surface area contributed by atoms with Gasteiger partial charge in [-0.25, -0.2) is 0 Å². The lowest BCUT2D eigenvalue weighted by atomic mass is 9.98. The number of nitrogens with two attached hydrogens (primary N) is 1. The van der Waals surface area contributed by atoms with Crippen molar-refractivity contribution in [2.24, 2.45) is 17.6 Å². The number of nitrogens with zero attached hydrogens (tertiary/aromatic N) is 3. The molecule has 0 spiro atoms. The molecule has 1 amide bonds. The third-order valence-electron chi connectivity index (χ3n) is 6.24. The van der Waals surface area contributed by atoms with E-state index in [1.165, 1.54) is 25.0 Å². The highest BCUT2D eigenvalue weighted by Crippen LogP contribution is 2.44. The highest BCUT2D eigenvalue weighted by Gasteiger charge is 2.44. The predicted octanol–water partition coefficient (Wildman–Crippen LogP) is 2.96. The minimum atomic E-state index is 0. The number of carbonyl (C=O) groups excluding carboxylic acids is 1. The van der Waals surface area contributed by atoms with Crippen molar-refractivity contribution < 1.29 is 4.79 Å². The van der Waals surface area contributed by atoms with Gasteiger partial charge in [-0.2, -0.15) is 5.10 Å². The van der Waals surface area contributed by atoms with Crippen LogP contribution < -0.4 is 5.73 Å². The van der Waals surface area contributed by atoms with Gasteiger partial charge in [0.25, 0.3) is 5.91 Å². The Bertz CT molecular complexity index is 612. The molecule has 2 aliphatic carbocycles. The van der Waals surface area contributed by atoms with E-state index in [0.717, 1.165) is 31.5 Å². The molecule has 4 unspecified atom stereocenters. The zero-order valence-electron chi connectivity index (χ0n) is 14.6. The van der Waals surface area contributed by atoms with Crippen molar-refractivity contribution in [3.63, 3.8) is 0 Å². The lowest BCUT2D eigenvalue weighted by molar-refractivity contribution is 0.0778. The van der Waals surface area contributed by atoms with Crippen molar-refractivity contribution >= 4 is 18.3 Å². The van der Waals surface area contributed by atoms with Gasteiger partial charge in [0.1, 0.15) is 0 Å². The van der Waals surface area contributed by atoms with Gasteiger partial charge in [-0.3, -0.25) is 9.48 Å². The normalized spacial score (nSPS) is 30.1. The molecule has 1 aromatic rings. The Labute approximate surface area is 150 Å². The maximum absolute atomic E-state index is 13.1. The van der Waals surface area contributed by atoms with Crippen LogP contribution in [0.2, 0.25) is 0 Å². The first-order chi connectivity index (χ1) is 11.1. The fourth-order valence-electron chi connectivity index (χ4n) is 4.47. The molecule has 24 heavy (non-hydrogen) atoms. The van der Waals surface area contributed by atoms with Gasteiger partial charge in [0.2, 0.25) is 0 Å². The third kappa shape index (κ3) is 2.86. The van der Waals surface area contributed by atoms with E-state index in [-0.39, 0.29) is 24.4 Å². The third-order valence-corrected chi connectivity index (χ3v) is 6.24. The summed E-state index contributed by atoms with van der Waals surface area (Å²) in [5.41, 5.74) is 8.25. The van der Waals surface area contributed by atoms with Crippen LogP contribution in [0.3, 0.4) is 0 Å². The van der Waals surface area contributed by atoms with Gasteiger partial charge >= 0.3 is 0 Å². The van der Waals surface area contributed by atoms with Gasteiger partial charge in [0.15, 0.2) is 0 Å². The molecule has 1 saturated heterocycles. The van der Waals surface area contributed by atoms with E-state index in [4.69, 9.17) is 5.73 Å². The van der Waals surface area contributed by atoms with Gasteiger partial charge in [0, 0.05) is 31.1 Å². The fourth-order valence-corrected chi connectivity index (χ4v) is 4.47. The van der Waals surface area contributed by atoms with Crippen LogP contribution in [0.5, 0.6) is 0 Å². The van der Waals surface area contributed by atoms with E-state index >= 15 is 0 Å². The molecule has 0 radical (unpaired) electrons. The second-order valence-electron chi connectivity index (χ2n) is 7.79. The van der Waals surface area contributed by atoms with Crippen molar-refractivity contribution in [1.82, 2.24) is 14.7 Å². The predicted molar refractivity (Wildman–Crippen MR) is 96.5 cm³/mol. The summed E-state index contributed by atoms with van der Waals surface area (Å²) in [7, 11) is 0. The standard InChI is InChI=1S/C18H28N4O.ClH/c1-3-11(2)22-17(12-4-5-12)14(8-20-22)18(23)21-9-13-6-7-16(19)15(13)10-21;/h8,11-13,15-16H,3-7,9-10,19H2,1-2H3;1H. The molecule has 4 atom stereocenters. The number of halogens is 1. The van der Waals surface area contributed by atoms with E-state index in [1.807, 2.05) is 11.1 Å². The Morgan fingerprint density at radius 1 is 1.33 bits per heavy atom. The van der Waals surface area contributed by atoms with E-state index in [1.54, 1.807) is 0 Å². The second kappa shape index (κ2) is 6.68. The SMILES string of the molecule is CCC(C)n1ncc(C(=O)N2CC3CCC(N)C3C2)c1C1CC1.Cl. The quantitative estimate of drug-likeness (QED) is 0.906. The van der Waals surface area contributed by atoms with E-state index in [9.17, 15) is 4.79 Å². The molecule has 2 N–H and O–H groups in total. The molecule has 2 saturated carbocycles. The molecular formula is C18H29ClN4O. The average molecular weight is 353 g/mol. The van der Waals surface area contributed by atoms with Gasteiger partial charge in [-0.05, 0) is 50.9 Å². The number of likely N-dealkylation sites (tertiary alicyclic amines) is 1. The zero-order chi connectivity index (χ0) is 16.1. The molecule has 3 aliphatic rings. The molecule has 3 fully saturated rings. The molecule has 1 aromatic heterocycles. The molecule has 2 heterocycles. The van der Waals surface area contributed by atoms with Crippen molar-refractivity contribution in [1.29, 1.82) is 0 Å². The number of aromatic nitrogens is 2.